The lowest BCUT2D eigenvalue weighted by atomic mass is 10.1. The van der Waals surface area contributed by atoms with Crippen LogP contribution < -0.4 is 4.74 Å². The van der Waals surface area contributed by atoms with Crippen molar-refractivity contribution in [2.45, 2.75) is 5.33 Å². The van der Waals surface area contributed by atoms with Crippen LogP contribution in [-0.2, 0) is 5.33 Å². The van der Waals surface area contributed by atoms with Crippen LogP contribution in [0.1, 0.15) is 5.56 Å². The van der Waals surface area contributed by atoms with E-state index in [1.54, 1.807) is 7.11 Å². The molecule has 0 amide bonds. The predicted molar refractivity (Wildman–Crippen MR) is 63.1 cm³/mol. The van der Waals surface area contributed by atoms with Gasteiger partial charge in [0.1, 0.15) is 5.75 Å². The zero-order valence-corrected chi connectivity index (χ0v) is 9.54. The van der Waals surface area contributed by atoms with Gasteiger partial charge in [0.2, 0.25) is 0 Å². The van der Waals surface area contributed by atoms with Crippen molar-refractivity contribution in [3.05, 3.63) is 42.0 Å². The summed E-state index contributed by atoms with van der Waals surface area (Å²) >= 11 is 3.45. The van der Waals surface area contributed by atoms with Gasteiger partial charge >= 0.3 is 0 Å². The van der Waals surface area contributed by atoms with E-state index in [0.717, 1.165) is 11.1 Å². The number of fused-ring (bicyclic) bond motifs is 1. The van der Waals surface area contributed by atoms with Crippen LogP contribution in [0.5, 0.6) is 5.75 Å². The minimum Gasteiger partial charge on any atom is -0.496 e. The number of hydrogen-bond acceptors (Lipinski definition) is 1. The van der Waals surface area contributed by atoms with Gasteiger partial charge in [-0.05, 0) is 23.1 Å². The number of rotatable bonds is 2. The topological polar surface area (TPSA) is 9.23 Å². The molecule has 2 heteroatoms. The summed E-state index contributed by atoms with van der Waals surface area (Å²) in [7, 11) is 1.70. The maximum absolute atomic E-state index is 5.31. The summed E-state index contributed by atoms with van der Waals surface area (Å²) in [5.41, 5.74) is 1.27. The summed E-state index contributed by atoms with van der Waals surface area (Å²) in [4.78, 5) is 0. The predicted octanol–water partition coefficient (Wildman–Crippen LogP) is 3.74. The van der Waals surface area contributed by atoms with Crippen LogP contribution in [0.4, 0.5) is 0 Å². The second kappa shape index (κ2) is 4.01. The third-order valence-corrected chi connectivity index (χ3v) is 2.93. The van der Waals surface area contributed by atoms with Crippen LogP contribution in [0.2, 0.25) is 0 Å². The van der Waals surface area contributed by atoms with E-state index >= 15 is 0 Å². The molecule has 1 nitrogen and oxygen atoms in total. The van der Waals surface area contributed by atoms with Gasteiger partial charge in [-0.3, -0.25) is 0 Å². The zero-order chi connectivity index (χ0) is 9.97. The number of hydrogen-bond donors (Lipinski definition) is 0. The molecule has 0 spiro atoms. The number of halogens is 1. The Hall–Kier alpha value is -1.02. The highest BCUT2D eigenvalue weighted by molar-refractivity contribution is 9.08. The van der Waals surface area contributed by atoms with Gasteiger partial charge in [-0.25, -0.2) is 0 Å². The number of alkyl halides is 1. The first-order valence-electron chi connectivity index (χ1n) is 4.47. The van der Waals surface area contributed by atoms with Crippen molar-refractivity contribution >= 4 is 26.7 Å². The molecule has 0 saturated carbocycles. The Labute approximate surface area is 91.8 Å². The SMILES string of the molecule is COc1cccc2ccc(CBr)cc12. The summed E-state index contributed by atoms with van der Waals surface area (Å²) in [5, 5.41) is 3.27. The van der Waals surface area contributed by atoms with Crippen LogP contribution in [0.25, 0.3) is 10.8 Å². The minimum atomic E-state index is 0.876. The molecule has 72 valence electrons. The van der Waals surface area contributed by atoms with Crippen LogP contribution in [0, 0.1) is 0 Å². The highest BCUT2D eigenvalue weighted by atomic mass is 79.9. The summed E-state index contributed by atoms with van der Waals surface area (Å²) in [6.07, 6.45) is 0. The van der Waals surface area contributed by atoms with Crippen molar-refractivity contribution < 1.29 is 4.74 Å². The van der Waals surface area contributed by atoms with Crippen molar-refractivity contribution in [3.63, 3.8) is 0 Å². The monoisotopic (exact) mass is 250 g/mol. The largest absolute Gasteiger partial charge is 0.496 e. The lowest BCUT2D eigenvalue weighted by molar-refractivity contribution is 0.420. The molecule has 0 N–H and O–H groups in total. The first-order chi connectivity index (χ1) is 6.85. The zero-order valence-electron chi connectivity index (χ0n) is 7.96. The summed E-state index contributed by atoms with van der Waals surface area (Å²) < 4.78 is 5.31. The average Bonchev–Trinajstić information content (AvgIpc) is 2.27. The first kappa shape index (κ1) is 9.53. The molecule has 0 unspecified atom stereocenters. The molecule has 2 aromatic rings. The molecule has 0 radical (unpaired) electrons. The smallest absolute Gasteiger partial charge is 0.126 e. The third-order valence-electron chi connectivity index (χ3n) is 2.28. The Morgan fingerprint density at radius 2 is 2.07 bits per heavy atom. The van der Waals surface area contributed by atoms with E-state index in [4.69, 9.17) is 4.74 Å². The fourth-order valence-electron chi connectivity index (χ4n) is 1.55. The van der Waals surface area contributed by atoms with Crippen LogP contribution in [-0.4, -0.2) is 7.11 Å². The number of methoxy groups -OCH3 is 1. The average molecular weight is 251 g/mol. The van der Waals surface area contributed by atoms with Crippen molar-refractivity contribution in [1.29, 1.82) is 0 Å². The lowest BCUT2D eigenvalue weighted by Crippen LogP contribution is -1.85. The fraction of sp³-hybridized carbons (Fsp3) is 0.167. The first-order valence-corrected chi connectivity index (χ1v) is 5.59. The summed E-state index contributed by atoms with van der Waals surface area (Å²) in [6, 6.07) is 12.5. The maximum Gasteiger partial charge on any atom is 0.126 e. The molecule has 0 aliphatic carbocycles. The summed E-state index contributed by atoms with van der Waals surface area (Å²) in [5.74, 6) is 0.935. The molecule has 14 heavy (non-hydrogen) atoms. The van der Waals surface area contributed by atoms with Gasteiger partial charge in [0.15, 0.2) is 0 Å². The molecule has 0 atom stereocenters. The summed E-state index contributed by atoms with van der Waals surface area (Å²) in [6.45, 7) is 0. The van der Waals surface area contributed by atoms with E-state index in [0.29, 0.717) is 0 Å². The van der Waals surface area contributed by atoms with Crippen molar-refractivity contribution in [2.75, 3.05) is 7.11 Å². The van der Waals surface area contributed by atoms with Gasteiger partial charge in [-0.1, -0.05) is 40.2 Å². The molecule has 0 heterocycles. The molecule has 0 aliphatic heterocycles. The van der Waals surface area contributed by atoms with E-state index in [9.17, 15) is 0 Å². The molecule has 0 fully saturated rings. The quantitative estimate of drug-likeness (QED) is 0.738. The van der Waals surface area contributed by atoms with Gasteiger partial charge in [0.05, 0.1) is 7.11 Å². The van der Waals surface area contributed by atoms with E-state index < -0.39 is 0 Å². The fourth-order valence-corrected chi connectivity index (χ4v) is 1.90. The molecule has 2 rings (SSSR count). The van der Waals surface area contributed by atoms with Crippen molar-refractivity contribution in [2.24, 2.45) is 0 Å². The maximum atomic E-state index is 5.31. The number of benzene rings is 2. The molecular weight excluding hydrogens is 240 g/mol. The van der Waals surface area contributed by atoms with Gasteiger partial charge in [-0.2, -0.15) is 0 Å². The Kier molecular flexibility index (Phi) is 2.73. The Balaban J connectivity index is 2.70. The van der Waals surface area contributed by atoms with E-state index in [2.05, 4.69) is 40.2 Å². The normalized spacial score (nSPS) is 10.4. The highest BCUT2D eigenvalue weighted by Crippen LogP contribution is 2.26. The molecular formula is C12H11BrO. The molecule has 0 saturated heterocycles. The van der Waals surface area contributed by atoms with Crippen LogP contribution >= 0.6 is 15.9 Å². The highest BCUT2D eigenvalue weighted by Gasteiger charge is 2.00. The van der Waals surface area contributed by atoms with E-state index in [1.165, 1.54) is 16.3 Å². The Bertz CT molecular complexity index is 451. The van der Waals surface area contributed by atoms with Crippen molar-refractivity contribution in [1.82, 2.24) is 0 Å². The second-order valence-corrected chi connectivity index (χ2v) is 3.71. The molecule has 0 aliphatic rings. The molecule has 0 bridgehead atoms. The second-order valence-electron chi connectivity index (χ2n) is 3.15. The van der Waals surface area contributed by atoms with E-state index in [1.807, 2.05) is 12.1 Å². The third kappa shape index (κ3) is 1.62. The molecule has 0 aromatic heterocycles. The minimum absolute atomic E-state index is 0.876. The van der Waals surface area contributed by atoms with Gasteiger partial charge in [0.25, 0.3) is 0 Å². The van der Waals surface area contributed by atoms with Crippen LogP contribution in [0.3, 0.4) is 0 Å². The standard InChI is InChI=1S/C12H11BrO/c1-14-12-4-2-3-10-6-5-9(8-13)7-11(10)12/h2-7H,8H2,1H3. The van der Waals surface area contributed by atoms with Gasteiger partial charge < -0.3 is 4.74 Å². The van der Waals surface area contributed by atoms with Crippen LogP contribution in [0.15, 0.2) is 36.4 Å². The Morgan fingerprint density at radius 1 is 1.21 bits per heavy atom. The van der Waals surface area contributed by atoms with E-state index in [-0.39, 0.29) is 0 Å². The van der Waals surface area contributed by atoms with Crippen molar-refractivity contribution in [3.8, 4) is 5.75 Å². The van der Waals surface area contributed by atoms with Gasteiger partial charge in [-0.15, -0.1) is 0 Å². The Morgan fingerprint density at radius 3 is 2.79 bits per heavy atom. The van der Waals surface area contributed by atoms with Gasteiger partial charge in [0, 0.05) is 10.7 Å². The molecule has 2 aromatic carbocycles. The number of ether oxygens (including phenoxy) is 1. The lowest BCUT2D eigenvalue weighted by Gasteiger charge is -2.06.